The number of ketones is 1. The van der Waals surface area contributed by atoms with Crippen LogP contribution in [0.5, 0.6) is 0 Å². The molecule has 4 atom stereocenters. The first kappa shape index (κ1) is 10.6. The van der Waals surface area contributed by atoms with E-state index in [1.54, 1.807) is 6.92 Å². The standard InChI is InChI=1S/C8H14O5/c1-4-6(10)7(11)5(3-9)13-8(4)12-2/h4-5,7-9,11H,3H2,1-2H3/t4?,5?,7-,8+/m1/s1. The van der Waals surface area contributed by atoms with Crippen molar-refractivity contribution in [2.75, 3.05) is 13.7 Å². The number of aliphatic hydroxyl groups excluding tert-OH is 2. The Morgan fingerprint density at radius 3 is 2.69 bits per heavy atom. The smallest absolute Gasteiger partial charge is 0.171 e. The van der Waals surface area contributed by atoms with E-state index in [4.69, 9.17) is 14.6 Å². The van der Waals surface area contributed by atoms with E-state index in [-0.39, 0.29) is 12.4 Å². The van der Waals surface area contributed by atoms with E-state index in [1.165, 1.54) is 7.11 Å². The van der Waals surface area contributed by atoms with Crippen LogP contribution in [-0.4, -0.2) is 48.2 Å². The molecule has 0 saturated carbocycles. The number of aliphatic hydroxyl groups is 2. The maximum Gasteiger partial charge on any atom is 0.171 e. The lowest BCUT2D eigenvalue weighted by Gasteiger charge is -2.35. The van der Waals surface area contributed by atoms with Crippen LogP contribution in [0.15, 0.2) is 0 Å². The summed E-state index contributed by atoms with van der Waals surface area (Å²) >= 11 is 0. The van der Waals surface area contributed by atoms with Crippen molar-refractivity contribution in [2.45, 2.75) is 25.4 Å². The molecule has 2 N–H and O–H groups in total. The molecule has 1 aliphatic heterocycles. The van der Waals surface area contributed by atoms with E-state index < -0.39 is 24.4 Å². The van der Waals surface area contributed by atoms with Crippen molar-refractivity contribution < 1.29 is 24.5 Å². The lowest BCUT2D eigenvalue weighted by Crippen LogP contribution is -2.52. The van der Waals surface area contributed by atoms with Gasteiger partial charge in [-0.25, -0.2) is 0 Å². The molecule has 2 unspecified atom stereocenters. The number of hydrogen-bond acceptors (Lipinski definition) is 5. The van der Waals surface area contributed by atoms with Crippen molar-refractivity contribution in [1.29, 1.82) is 0 Å². The van der Waals surface area contributed by atoms with E-state index in [2.05, 4.69) is 0 Å². The zero-order valence-corrected chi connectivity index (χ0v) is 7.64. The number of carbonyl (C=O) groups excluding carboxylic acids is 1. The van der Waals surface area contributed by atoms with Gasteiger partial charge in [0.1, 0.15) is 12.2 Å². The fraction of sp³-hybridized carbons (Fsp3) is 0.875. The van der Waals surface area contributed by atoms with Gasteiger partial charge in [-0.1, -0.05) is 6.92 Å². The normalized spacial score (nSPS) is 40.8. The summed E-state index contributed by atoms with van der Waals surface area (Å²) in [7, 11) is 1.42. The molecule has 0 aromatic carbocycles. The molecule has 0 aliphatic carbocycles. The molecule has 0 aromatic rings. The van der Waals surface area contributed by atoms with Gasteiger partial charge in [-0.15, -0.1) is 0 Å². The van der Waals surface area contributed by atoms with Gasteiger partial charge in [0.05, 0.1) is 12.5 Å². The van der Waals surface area contributed by atoms with Crippen LogP contribution in [0.1, 0.15) is 6.92 Å². The highest BCUT2D eigenvalue weighted by Crippen LogP contribution is 2.22. The number of rotatable bonds is 2. The van der Waals surface area contributed by atoms with E-state index in [9.17, 15) is 9.90 Å². The lowest BCUT2D eigenvalue weighted by molar-refractivity contribution is -0.232. The van der Waals surface area contributed by atoms with Crippen LogP contribution < -0.4 is 0 Å². The first-order valence-corrected chi connectivity index (χ1v) is 4.12. The Hall–Kier alpha value is -0.490. The molecule has 5 heteroatoms. The molecule has 1 aliphatic rings. The third kappa shape index (κ3) is 1.88. The van der Waals surface area contributed by atoms with Gasteiger partial charge in [-0.2, -0.15) is 0 Å². The summed E-state index contributed by atoms with van der Waals surface area (Å²) in [5, 5.41) is 18.1. The van der Waals surface area contributed by atoms with Crippen LogP contribution in [0.4, 0.5) is 0 Å². The monoisotopic (exact) mass is 190 g/mol. The lowest BCUT2D eigenvalue weighted by atomic mass is 9.94. The predicted octanol–water partition coefficient (Wildman–Crippen LogP) is -1.08. The van der Waals surface area contributed by atoms with Crippen LogP contribution in [0.25, 0.3) is 0 Å². The average molecular weight is 190 g/mol. The Kier molecular flexibility index (Phi) is 3.38. The minimum atomic E-state index is -1.24. The quantitative estimate of drug-likeness (QED) is 0.579. The van der Waals surface area contributed by atoms with E-state index in [1.807, 2.05) is 0 Å². The molecule has 76 valence electrons. The van der Waals surface area contributed by atoms with Gasteiger partial charge in [0.25, 0.3) is 0 Å². The summed E-state index contributed by atoms with van der Waals surface area (Å²) < 4.78 is 10.0. The van der Waals surface area contributed by atoms with Crippen LogP contribution in [0.2, 0.25) is 0 Å². The first-order chi connectivity index (χ1) is 6.11. The van der Waals surface area contributed by atoms with Gasteiger partial charge in [0.15, 0.2) is 12.1 Å². The second-order valence-electron chi connectivity index (χ2n) is 3.10. The van der Waals surface area contributed by atoms with E-state index in [0.29, 0.717) is 0 Å². The molecule has 1 rings (SSSR count). The van der Waals surface area contributed by atoms with Crippen molar-refractivity contribution in [3.63, 3.8) is 0 Å². The molecule has 1 heterocycles. The molecule has 0 aromatic heterocycles. The summed E-state index contributed by atoms with van der Waals surface area (Å²) in [6, 6.07) is 0. The molecule has 0 bridgehead atoms. The average Bonchev–Trinajstić information content (AvgIpc) is 2.15. The van der Waals surface area contributed by atoms with Gasteiger partial charge in [-0.05, 0) is 0 Å². The molecule has 1 fully saturated rings. The predicted molar refractivity (Wildman–Crippen MR) is 42.9 cm³/mol. The molecular weight excluding hydrogens is 176 g/mol. The Bertz CT molecular complexity index is 175. The molecule has 0 spiro atoms. The summed E-state index contributed by atoms with van der Waals surface area (Å²) in [5.74, 6) is -0.847. The Morgan fingerprint density at radius 1 is 1.62 bits per heavy atom. The van der Waals surface area contributed by atoms with Crippen LogP contribution in [0, 0.1) is 5.92 Å². The molecular formula is C8H14O5. The highest BCUT2D eigenvalue weighted by Gasteiger charge is 2.41. The van der Waals surface area contributed by atoms with E-state index >= 15 is 0 Å². The summed E-state index contributed by atoms with van der Waals surface area (Å²) in [6.45, 7) is 1.23. The Morgan fingerprint density at radius 2 is 2.23 bits per heavy atom. The van der Waals surface area contributed by atoms with Crippen molar-refractivity contribution in [1.82, 2.24) is 0 Å². The van der Waals surface area contributed by atoms with Crippen LogP contribution in [-0.2, 0) is 14.3 Å². The summed E-state index contributed by atoms with van der Waals surface area (Å²) in [5.41, 5.74) is 0. The molecule has 0 amide bonds. The zero-order valence-electron chi connectivity index (χ0n) is 7.64. The fourth-order valence-electron chi connectivity index (χ4n) is 1.35. The Balaban J connectivity index is 2.72. The number of carbonyl (C=O) groups is 1. The van der Waals surface area contributed by atoms with E-state index in [0.717, 1.165) is 0 Å². The minimum absolute atomic E-state index is 0.350. The fourth-order valence-corrected chi connectivity index (χ4v) is 1.35. The number of ether oxygens (including phenoxy) is 2. The minimum Gasteiger partial charge on any atom is -0.394 e. The maximum absolute atomic E-state index is 11.3. The van der Waals surface area contributed by atoms with Crippen molar-refractivity contribution in [3.05, 3.63) is 0 Å². The number of hydrogen-bond donors (Lipinski definition) is 2. The van der Waals surface area contributed by atoms with Crippen molar-refractivity contribution in [2.24, 2.45) is 5.92 Å². The second-order valence-corrected chi connectivity index (χ2v) is 3.10. The zero-order chi connectivity index (χ0) is 10.0. The van der Waals surface area contributed by atoms with Gasteiger partial charge in [0, 0.05) is 7.11 Å². The first-order valence-electron chi connectivity index (χ1n) is 4.12. The van der Waals surface area contributed by atoms with Gasteiger partial charge < -0.3 is 19.7 Å². The third-order valence-electron chi connectivity index (χ3n) is 2.22. The topological polar surface area (TPSA) is 76.0 Å². The van der Waals surface area contributed by atoms with Gasteiger partial charge >= 0.3 is 0 Å². The third-order valence-corrected chi connectivity index (χ3v) is 2.22. The molecule has 1 saturated heterocycles. The maximum atomic E-state index is 11.3. The largest absolute Gasteiger partial charge is 0.394 e. The van der Waals surface area contributed by atoms with Crippen molar-refractivity contribution in [3.8, 4) is 0 Å². The van der Waals surface area contributed by atoms with Crippen molar-refractivity contribution >= 4 is 5.78 Å². The Labute approximate surface area is 76.3 Å². The highest BCUT2D eigenvalue weighted by molar-refractivity contribution is 5.86. The molecule has 13 heavy (non-hydrogen) atoms. The molecule has 0 radical (unpaired) electrons. The molecule has 5 nitrogen and oxygen atoms in total. The van der Waals surface area contributed by atoms with Gasteiger partial charge in [0.2, 0.25) is 0 Å². The summed E-state index contributed by atoms with van der Waals surface area (Å²) in [6.07, 6.45) is -2.78. The van der Waals surface area contributed by atoms with Crippen LogP contribution >= 0.6 is 0 Å². The number of Topliss-reactive ketones (excluding diaryl/α,β-unsaturated/α-hetero) is 1. The van der Waals surface area contributed by atoms with Gasteiger partial charge in [-0.3, -0.25) is 4.79 Å². The second kappa shape index (κ2) is 4.15. The van der Waals surface area contributed by atoms with Crippen LogP contribution in [0.3, 0.4) is 0 Å². The highest BCUT2D eigenvalue weighted by atomic mass is 16.7. The SMILES string of the molecule is CO[C@H]1OC(CO)[C@@H](O)C(=O)C1C. The number of methoxy groups -OCH3 is 1. The summed E-state index contributed by atoms with van der Waals surface area (Å²) in [4.78, 5) is 11.3.